The topological polar surface area (TPSA) is 53.5 Å². The molecule has 0 aliphatic heterocycles. The molecule has 0 radical (unpaired) electrons. The molecule has 0 N–H and O–H groups in total. The number of benzene rings is 10. The summed E-state index contributed by atoms with van der Waals surface area (Å²) in [5.74, 6) is 1.85. The summed E-state index contributed by atoms with van der Waals surface area (Å²) in [6.07, 6.45) is 0. The van der Waals surface area contributed by atoms with Gasteiger partial charge in [-0.15, -0.1) is 0 Å². The maximum atomic E-state index is 5.20. The van der Waals surface area contributed by atoms with E-state index in [0.29, 0.717) is 17.5 Å². The van der Waals surface area contributed by atoms with Gasteiger partial charge in [0.1, 0.15) is 0 Å². The Morgan fingerprint density at radius 2 is 0.609 bits per heavy atom. The first-order chi connectivity index (χ1) is 34.2. The van der Waals surface area contributed by atoms with E-state index in [-0.39, 0.29) is 0 Å². The van der Waals surface area contributed by atoms with E-state index < -0.39 is 0 Å². The molecule has 0 fully saturated rings. The number of fused-ring (bicyclic) bond motifs is 9. The van der Waals surface area contributed by atoms with Crippen molar-refractivity contribution in [3.63, 3.8) is 0 Å². The van der Waals surface area contributed by atoms with Gasteiger partial charge in [0, 0.05) is 54.7 Å². The maximum Gasteiger partial charge on any atom is 0.164 e. The van der Waals surface area contributed by atoms with E-state index in [0.717, 1.165) is 66.9 Å². The summed E-state index contributed by atoms with van der Waals surface area (Å²) >= 11 is 0. The van der Waals surface area contributed by atoms with Crippen molar-refractivity contribution in [2.45, 2.75) is 0 Å². The monoisotopic (exact) mass is 880 g/mol. The molecule has 10 aromatic carbocycles. The Hall–Kier alpha value is -9.39. The van der Waals surface area contributed by atoms with Gasteiger partial charge in [-0.05, 0) is 83.9 Å². The first kappa shape index (κ1) is 38.8. The van der Waals surface area contributed by atoms with Gasteiger partial charge in [-0.25, -0.2) is 15.0 Å². The van der Waals surface area contributed by atoms with Crippen LogP contribution in [0.15, 0.2) is 243 Å². The molecule has 14 rings (SSSR count). The molecule has 0 unspecified atom stereocenters. The van der Waals surface area contributed by atoms with Crippen molar-refractivity contribution in [1.29, 1.82) is 0 Å². The summed E-state index contributed by atoms with van der Waals surface area (Å²) in [5.41, 5.74) is 15.1. The van der Waals surface area contributed by atoms with Gasteiger partial charge in [-0.1, -0.05) is 170 Å². The highest BCUT2D eigenvalue weighted by Gasteiger charge is 2.22. The molecule has 69 heavy (non-hydrogen) atoms. The smallest absolute Gasteiger partial charge is 0.164 e. The third kappa shape index (κ3) is 6.23. The zero-order chi connectivity index (χ0) is 45.4. The van der Waals surface area contributed by atoms with Crippen molar-refractivity contribution in [1.82, 2.24) is 28.7 Å². The summed E-state index contributed by atoms with van der Waals surface area (Å²) in [4.78, 5) is 15.4. The van der Waals surface area contributed by atoms with Crippen LogP contribution < -0.4 is 0 Å². The minimum absolute atomic E-state index is 0.601. The molecule has 6 heteroatoms. The number of nitrogens with zero attached hydrogens (tertiary/aromatic N) is 6. The van der Waals surface area contributed by atoms with E-state index >= 15 is 0 Å². The summed E-state index contributed by atoms with van der Waals surface area (Å²) in [7, 11) is 0. The standard InChI is InChI=1S/C63H40N6/c1-4-18-41(19-5-1)61-64-62(42-20-6-2-7-21-42)66-63(65-61)45-34-37-58(68-54-29-15-11-24-47(54)48-25-12-16-30-55(48)68)60(40-45)69-56-31-17-13-27-50(56)52-38-43(33-36-57(52)69)44-32-35-51-49-26-10-14-28-53(49)67(59(51)39-44)46-22-8-3-9-23-46/h1-40H. The fourth-order valence-corrected chi connectivity index (χ4v) is 10.6. The first-order valence-corrected chi connectivity index (χ1v) is 23.4. The fourth-order valence-electron chi connectivity index (χ4n) is 10.6. The highest BCUT2D eigenvalue weighted by atomic mass is 15.1. The molecule has 4 heterocycles. The number of para-hydroxylation sites is 5. The fraction of sp³-hybridized carbons (Fsp3) is 0. The second-order valence-electron chi connectivity index (χ2n) is 17.6. The Labute approximate surface area is 397 Å². The van der Waals surface area contributed by atoms with Gasteiger partial charge in [-0.3, -0.25) is 0 Å². The van der Waals surface area contributed by atoms with Crippen LogP contribution >= 0.6 is 0 Å². The molecule has 0 saturated heterocycles. The lowest BCUT2D eigenvalue weighted by molar-refractivity contribution is 1.06. The van der Waals surface area contributed by atoms with Crippen molar-refractivity contribution in [2.24, 2.45) is 0 Å². The zero-order valence-corrected chi connectivity index (χ0v) is 37.3. The molecule has 0 atom stereocenters. The van der Waals surface area contributed by atoms with Crippen LogP contribution in [0.2, 0.25) is 0 Å². The molecular formula is C63H40N6. The Morgan fingerprint density at radius 3 is 1.17 bits per heavy atom. The second kappa shape index (κ2) is 15.6. The van der Waals surface area contributed by atoms with Crippen LogP contribution in [0.5, 0.6) is 0 Å². The Balaban J connectivity index is 1.02. The quantitative estimate of drug-likeness (QED) is 0.160. The van der Waals surface area contributed by atoms with Crippen molar-refractivity contribution >= 4 is 65.4 Å². The van der Waals surface area contributed by atoms with Crippen LogP contribution in [0.3, 0.4) is 0 Å². The zero-order valence-electron chi connectivity index (χ0n) is 37.3. The molecular weight excluding hydrogens is 841 g/mol. The average molecular weight is 881 g/mol. The van der Waals surface area contributed by atoms with Gasteiger partial charge in [0.2, 0.25) is 0 Å². The predicted octanol–water partition coefficient (Wildman–Crippen LogP) is 15.8. The van der Waals surface area contributed by atoms with E-state index in [2.05, 4.69) is 220 Å². The highest BCUT2D eigenvalue weighted by Crippen LogP contribution is 2.42. The van der Waals surface area contributed by atoms with Crippen molar-refractivity contribution < 1.29 is 0 Å². The van der Waals surface area contributed by atoms with E-state index in [1.54, 1.807) is 0 Å². The van der Waals surface area contributed by atoms with Crippen LogP contribution in [0.1, 0.15) is 0 Å². The van der Waals surface area contributed by atoms with Gasteiger partial charge in [0.05, 0.1) is 44.5 Å². The van der Waals surface area contributed by atoms with Crippen LogP contribution in [-0.4, -0.2) is 28.7 Å². The van der Waals surface area contributed by atoms with E-state index in [1.165, 1.54) is 43.4 Å². The van der Waals surface area contributed by atoms with Crippen LogP contribution in [0.25, 0.3) is 128 Å². The van der Waals surface area contributed by atoms with Gasteiger partial charge in [-0.2, -0.15) is 0 Å². The summed E-state index contributed by atoms with van der Waals surface area (Å²) in [6, 6.07) is 86.5. The minimum atomic E-state index is 0.601. The lowest BCUT2D eigenvalue weighted by atomic mass is 10.0. The van der Waals surface area contributed by atoms with Gasteiger partial charge >= 0.3 is 0 Å². The Morgan fingerprint density at radius 1 is 0.217 bits per heavy atom. The molecule has 6 nitrogen and oxygen atoms in total. The van der Waals surface area contributed by atoms with Crippen LogP contribution in [0.4, 0.5) is 0 Å². The lowest BCUT2D eigenvalue weighted by Crippen LogP contribution is -2.05. The summed E-state index contributed by atoms with van der Waals surface area (Å²) in [6.45, 7) is 0. The molecule has 4 aromatic heterocycles. The molecule has 0 saturated carbocycles. The third-order valence-electron chi connectivity index (χ3n) is 13.7. The lowest BCUT2D eigenvalue weighted by Gasteiger charge is -2.18. The number of aromatic nitrogens is 6. The average Bonchev–Trinajstić information content (AvgIpc) is 4.06. The predicted molar refractivity (Wildman–Crippen MR) is 285 cm³/mol. The molecule has 322 valence electrons. The van der Waals surface area contributed by atoms with Crippen molar-refractivity contribution in [2.75, 3.05) is 0 Å². The van der Waals surface area contributed by atoms with Gasteiger partial charge in [0.25, 0.3) is 0 Å². The molecule has 0 spiro atoms. The molecule has 0 aliphatic rings. The minimum Gasteiger partial charge on any atom is -0.309 e. The number of hydrogen-bond donors (Lipinski definition) is 0. The van der Waals surface area contributed by atoms with Gasteiger partial charge < -0.3 is 13.7 Å². The summed E-state index contributed by atoms with van der Waals surface area (Å²) in [5, 5.41) is 7.23. The summed E-state index contributed by atoms with van der Waals surface area (Å²) < 4.78 is 7.24. The SMILES string of the molecule is c1ccc(-c2nc(-c3ccccc3)nc(-c3ccc(-n4c5ccccc5c5ccccc54)c(-n4c5ccccc5c5cc(-c6ccc7c8ccccc8n(-c8ccccc8)c7c6)ccc54)c3)n2)cc1. The normalized spacial score (nSPS) is 11.8. The van der Waals surface area contributed by atoms with E-state index in [1.807, 2.05) is 36.4 Å². The van der Waals surface area contributed by atoms with E-state index in [9.17, 15) is 0 Å². The Kier molecular flexibility index (Phi) is 8.79. The molecule has 0 aliphatic carbocycles. The number of hydrogen-bond acceptors (Lipinski definition) is 3. The first-order valence-electron chi connectivity index (χ1n) is 23.4. The molecule has 0 bridgehead atoms. The highest BCUT2D eigenvalue weighted by molar-refractivity contribution is 6.14. The Bertz CT molecular complexity index is 4190. The van der Waals surface area contributed by atoms with Gasteiger partial charge in [0.15, 0.2) is 17.5 Å². The third-order valence-corrected chi connectivity index (χ3v) is 13.7. The number of rotatable bonds is 7. The van der Waals surface area contributed by atoms with E-state index in [4.69, 9.17) is 15.0 Å². The molecule has 14 aromatic rings. The molecule has 0 amide bonds. The van der Waals surface area contributed by atoms with Crippen LogP contribution in [0, 0.1) is 0 Å². The maximum absolute atomic E-state index is 5.20. The second-order valence-corrected chi connectivity index (χ2v) is 17.6. The van der Waals surface area contributed by atoms with Crippen LogP contribution in [-0.2, 0) is 0 Å². The van der Waals surface area contributed by atoms with Crippen molar-refractivity contribution in [3.8, 4) is 62.4 Å². The van der Waals surface area contributed by atoms with Crippen molar-refractivity contribution in [3.05, 3.63) is 243 Å². The largest absolute Gasteiger partial charge is 0.309 e.